The fourth-order valence-electron chi connectivity index (χ4n) is 1.24. The van der Waals surface area contributed by atoms with Gasteiger partial charge in [-0.2, -0.15) is 0 Å². The molecule has 0 spiro atoms. The summed E-state index contributed by atoms with van der Waals surface area (Å²) in [5, 5.41) is 3.43. The van der Waals surface area contributed by atoms with Gasteiger partial charge in [0.25, 0.3) is 0 Å². The SMILES string of the molecule is Cn1ccc2nc(N=[N+]=[N-])ccc21. The minimum Gasteiger partial charge on any atom is -0.349 e. The molecule has 0 N–H and O–H groups in total. The average Bonchev–Trinajstić information content (AvgIpc) is 2.48. The summed E-state index contributed by atoms with van der Waals surface area (Å²) in [5.41, 5.74) is 10.1. The highest BCUT2D eigenvalue weighted by Gasteiger charge is 1.98. The number of azide groups is 1. The summed E-state index contributed by atoms with van der Waals surface area (Å²) >= 11 is 0. The summed E-state index contributed by atoms with van der Waals surface area (Å²) in [7, 11) is 1.94. The van der Waals surface area contributed by atoms with Crippen LogP contribution in [0.4, 0.5) is 5.82 Å². The summed E-state index contributed by atoms with van der Waals surface area (Å²) in [6.45, 7) is 0. The first-order chi connectivity index (χ1) is 6.31. The van der Waals surface area contributed by atoms with Gasteiger partial charge in [-0.05, 0) is 28.8 Å². The summed E-state index contributed by atoms with van der Waals surface area (Å²) in [4.78, 5) is 6.82. The van der Waals surface area contributed by atoms with E-state index in [0.717, 1.165) is 11.0 Å². The number of hydrogen-bond acceptors (Lipinski definition) is 2. The fraction of sp³-hybridized carbons (Fsp3) is 0.125. The van der Waals surface area contributed by atoms with Gasteiger partial charge in [-0.3, -0.25) is 0 Å². The maximum absolute atomic E-state index is 8.21. The largest absolute Gasteiger partial charge is 0.349 e. The van der Waals surface area contributed by atoms with Crippen molar-refractivity contribution in [3.05, 3.63) is 34.8 Å². The molecule has 0 atom stereocenters. The molecule has 0 bridgehead atoms. The van der Waals surface area contributed by atoms with E-state index >= 15 is 0 Å². The number of hydrogen-bond donors (Lipinski definition) is 0. The van der Waals surface area contributed by atoms with Crippen molar-refractivity contribution in [3.8, 4) is 0 Å². The van der Waals surface area contributed by atoms with E-state index in [1.54, 1.807) is 6.07 Å². The Morgan fingerprint density at radius 2 is 2.31 bits per heavy atom. The van der Waals surface area contributed by atoms with Gasteiger partial charge in [0.1, 0.15) is 5.82 Å². The Labute approximate surface area is 74.3 Å². The molecule has 0 aromatic carbocycles. The molecule has 0 radical (unpaired) electrons. The predicted molar refractivity (Wildman–Crippen MR) is 49.5 cm³/mol. The number of fused-ring (bicyclic) bond motifs is 1. The van der Waals surface area contributed by atoms with E-state index in [-0.39, 0.29) is 0 Å². The van der Waals surface area contributed by atoms with Gasteiger partial charge in [0.15, 0.2) is 0 Å². The molecule has 0 fully saturated rings. The molecule has 2 aromatic rings. The molecule has 0 aliphatic heterocycles. The maximum Gasteiger partial charge on any atom is 0.127 e. The van der Waals surface area contributed by atoms with Crippen molar-refractivity contribution in [1.29, 1.82) is 0 Å². The molecule has 5 nitrogen and oxygen atoms in total. The molecule has 2 aromatic heterocycles. The normalized spacial score (nSPS) is 9.92. The van der Waals surface area contributed by atoms with Crippen LogP contribution >= 0.6 is 0 Å². The Hall–Kier alpha value is -2.00. The minimum absolute atomic E-state index is 0.404. The van der Waals surface area contributed by atoms with Gasteiger partial charge in [0, 0.05) is 18.2 Å². The predicted octanol–water partition coefficient (Wildman–Crippen LogP) is 2.52. The lowest BCUT2D eigenvalue weighted by Crippen LogP contribution is -1.83. The standard InChI is InChI=1S/C8H7N5/c1-13-5-4-6-7(13)2-3-8(10-6)11-12-9/h2-5H,1H3. The van der Waals surface area contributed by atoms with Gasteiger partial charge in [-0.25, -0.2) is 4.98 Å². The van der Waals surface area contributed by atoms with Gasteiger partial charge in [-0.15, -0.1) is 0 Å². The number of aromatic nitrogens is 2. The third kappa shape index (κ3) is 1.21. The molecule has 2 heterocycles. The van der Waals surface area contributed by atoms with E-state index in [9.17, 15) is 0 Å². The second-order valence-electron chi connectivity index (χ2n) is 2.69. The zero-order chi connectivity index (χ0) is 9.26. The second-order valence-corrected chi connectivity index (χ2v) is 2.69. The quantitative estimate of drug-likeness (QED) is 0.371. The molecule has 0 saturated heterocycles. The fourth-order valence-corrected chi connectivity index (χ4v) is 1.24. The van der Waals surface area contributed by atoms with Crippen molar-refractivity contribution in [2.24, 2.45) is 12.2 Å². The zero-order valence-electron chi connectivity index (χ0n) is 7.05. The first-order valence-electron chi connectivity index (χ1n) is 3.78. The Morgan fingerprint density at radius 3 is 3.08 bits per heavy atom. The highest BCUT2D eigenvalue weighted by molar-refractivity contribution is 5.77. The van der Waals surface area contributed by atoms with E-state index in [1.165, 1.54) is 0 Å². The van der Waals surface area contributed by atoms with E-state index in [2.05, 4.69) is 15.0 Å². The van der Waals surface area contributed by atoms with Crippen LogP contribution in [-0.2, 0) is 7.05 Å². The molecule has 0 aliphatic carbocycles. The Balaban J connectivity index is 2.69. The van der Waals surface area contributed by atoms with Crippen molar-refractivity contribution >= 4 is 16.9 Å². The van der Waals surface area contributed by atoms with Crippen molar-refractivity contribution in [2.45, 2.75) is 0 Å². The topological polar surface area (TPSA) is 66.6 Å². The molecule has 0 aliphatic rings. The van der Waals surface area contributed by atoms with Gasteiger partial charge >= 0.3 is 0 Å². The number of aryl methyl sites for hydroxylation is 1. The molecular weight excluding hydrogens is 166 g/mol. The summed E-state index contributed by atoms with van der Waals surface area (Å²) < 4.78 is 1.96. The Kier molecular flexibility index (Phi) is 1.65. The van der Waals surface area contributed by atoms with Gasteiger partial charge in [0.2, 0.25) is 0 Å². The van der Waals surface area contributed by atoms with Crippen LogP contribution in [0.2, 0.25) is 0 Å². The van der Waals surface area contributed by atoms with Crippen molar-refractivity contribution < 1.29 is 0 Å². The highest BCUT2D eigenvalue weighted by atomic mass is 15.2. The van der Waals surface area contributed by atoms with E-state index in [0.29, 0.717) is 5.82 Å². The van der Waals surface area contributed by atoms with Crippen LogP contribution in [-0.4, -0.2) is 9.55 Å². The third-order valence-electron chi connectivity index (χ3n) is 1.87. The van der Waals surface area contributed by atoms with Gasteiger partial charge in [0.05, 0.1) is 11.0 Å². The monoisotopic (exact) mass is 173 g/mol. The molecule has 0 saturated carbocycles. The molecule has 5 heteroatoms. The molecule has 0 unspecified atom stereocenters. The van der Waals surface area contributed by atoms with Gasteiger partial charge < -0.3 is 4.57 Å². The third-order valence-corrected chi connectivity index (χ3v) is 1.87. The van der Waals surface area contributed by atoms with Crippen molar-refractivity contribution in [1.82, 2.24) is 9.55 Å². The molecule has 13 heavy (non-hydrogen) atoms. The average molecular weight is 173 g/mol. The van der Waals surface area contributed by atoms with Gasteiger partial charge in [-0.1, -0.05) is 0 Å². The van der Waals surface area contributed by atoms with Crippen LogP contribution in [0.25, 0.3) is 21.5 Å². The summed E-state index contributed by atoms with van der Waals surface area (Å²) in [6.07, 6.45) is 1.91. The molecule has 0 amide bonds. The first kappa shape index (κ1) is 7.64. The lowest BCUT2D eigenvalue weighted by atomic mass is 10.4. The van der Waals surface area contributed by atoms with Crippen LogP contribution in [0, 0.1) is 0 Å². The number of nitrogens with zero attached hydrogens (tertiary/aromatic N) is 5. The zero-order valence-corrected chi connectivity index (χ0v) is 7.05. The van der Waals surface area contributed by atoms with E-state index in [4.69, 9.17) is 5.53 Å². The maximum atomic E-state index is 8.21. The molecule has 2 rings (SSSR count). The smallest absolute Gasteiger partial charge is 0.127 e. The second kappa shape index (κ2) is 2.80. The Morgan fingerprint density at radius 1 is 1.46 bits per heavy atom. The van der Waals surface area contributed by atoms with E-state index in [1.807, 2.05) is 29.9 Å². The summed E-state index contributed by atoms with van der Waals surface area (Å²) in [6, 6.07) is 5.46. The lowest BCUT2D eigenvalue weighted by Gasteiger charge is -1.95. The highest BCUT2D eigenvalue weighted by Crippen LogP contribution is 2.17. The van der Waals surface area contributed by atoms with Crippen LogP contribution in [0.3, 0.4) is 0 Å². The van der Waals surface area contributed by atoms with Crippen molar-refractivity contribution in [2.75, 3.05) is 0 Å². The van der Waals surface area contributed by atoms with E-state index < -0.39 is 0 Å². The van der Waals surface area contributed by atoms with Crippen molar-refractivity contribution in [3.63, 3.8) is 0 Å². The lowest BCUT2D eigenvalue weighted by molar-refractivity contribution is 0.968. The molecular formula is C8H7N5. The first-order valence-corrected chi connectivity index (χ1v) is 3.78. The summed E-state index contributed by atoms with van der Waals surface area (Å²) in [5.74, 6) is 0.404. The van der Waals surface area contributed by atoms with Crippen LogP contribution < -0.4 is 0 Å². The van der Waals surface area contributed by atoms with Crippen LogP contribution in [0.5, 0.6) is 0 Å². The minimum atomic E-state index is 0.404. The number of rotatable bonds is 1. The van der Waals surface area contributed by atoms with Crippen LogP contribution in [0.15, 0.2) is 29.5 Å². The number of pyridine rings is 1. The molecule has 64 valence electrons. The Bertz CT molecular complexity index is 492. The van der Waals surface area contributed by atoms with Crippen LogP contribution in [0.1, 0.15) is 0 Å².